The van der Waals surface area contributed by atoms with Gasteiger partial charge in [-0.1, -0.05) is 19.1 Å². The summed E-state index contributed by atoms with van der Waals surface area (Å²) < 4.78 is 42.2. The number of pyridine rings is 1. The van der Waals surface area contributed by atoms with Crippen molar-refractivity contribution in [2.24, 2.45) is 0 Å². The van der Waals surface area contributed by atoms with Crippen LogP contribution in [0.4, 0.5) is 24.8 Å². The second-order valence-corrected chi connectivity index (χ2v) is 10.8. The van der Waals surface area contributed by atoms with Crippen LogP contribution in [0.1, 0.15) is 34.9 Å². The summed E-state index contributed by atoms with van der Waals surface area (Å²) in [4.78, 5) is 35.7. The van der Waals surface area contributed by atoms with Crippen LogP contribution in [0.5, 0.6) is 0 Å². The summed E-state index contributed by atoms with van der Waals surface area (Å²) in [6, 6.07) is 8.09. The van der Waals surface area contributed by atoms with Gasteiger partial charge in [-0.05, 0) is 47.9 Å². The van der Waals surface area contributed by atoms with E-state index in [1.165, 1.54) is 6.07 Å². The summed E-state index contributed by atoms with van der Waals surface area (Å²) in [6.45, 7) is 7.20. The molecule has 0 aliphatic carbocycles. The third kappa shape index (κ3) is 6.09. The molecule has 0 saturated carbocycles. The van der Waals surface area contributed by atoms with Gasteiger partial charge >= 0.3 is 6.18 Å². The maximum atomic E-state index is 14.1. The quantitative estimate of drug-likeness (QED) is 0.336. The number of piperazine rings is 1. The molecule has 0 radical (unpaired) electrons. The van der Waals surface area contributed by atoms with Gasteiger partial charge in [0.25, 0.3) is 0 Å². The van der Waals surface area contributed by atoms with Gasteiger partial charge in [0.2, 0.25) is 11.9 Å². The first kappa shape index (κ1) is 28.1. The molecular weight excluding hydrogens is 545 g/mol. The Morgan fingerprint density at radius 3 is 2.64 bits per heavy atom. The largest absolute Gasteiger partial charge is 0.416 e. The molecule has 220 valence electrons. The van der Waals surface area contributed by atoms with Crippen LogP contribution < -0.4 is 5.32 Å². The van der Waals surface area contributed by atoms with Crippen molar-refractivity contribution in [1.29, 1.82) is 0 Å². The van der Waals surface area contributed by atoms with E-state index in [9.17, 15) is 18.0 Å². The van der Waals surface area contributed by atoms with E-state index in [1.807, 2.05) is 12.1 Å². The molecule has 9 nitrogen and oxygen atoms in total. The maximum absolute atomic E-state index is 14.1. The van der Waals surface area contributed by atoms with E-state index in [0.717, 1.165) is 66.8 Å². The molecule has 42 heavy (non-hydrogen) atoms. The first-order chi connectivity index (χ1) is 20.3. The number of anilines is 2. The second-order valence-electron chi connectivity index (χ2n) is 10.8. The molecule has 1 fully saturated rings. The minimum atomic E-state index is -4.50. The Labute approximate surface area is 241 Å². The first-order valence-corrected chi connectivity index (χ1v) is 14.2. The van der Waals surface area contributed by atoms with Crippen LogP contribution >= 0.6 is 0 Å². The number of aromatic nitrogens is 4. The number of likely N-dealkylation sites (N-methyl/N-ethyl adjacent to an activating group) is 1. The number of nitrogens with zero attached hydrogens (tertiary/aromatic N) is 6. The number of carbonyl (C=O) groups excluding carboxylic acids is 1. The summed E-state index contributed by atoms with van der Waals surface area (Å²) in [5.74, 6) is 0.173. The molecule has 1 saturated heterocycles. The topological polar surface area (TPSA) is 93.3 Å². The number of hydrogen-bond donors (Lipinski definition) is 2. The Bertz CT molecular complexity index is 1580. The minimum absolute atomic E-state index is 0.105. The average Bonchev–Trinajstić information content (AvgIpc) is 3.47. The fourth-order valence-electron chi connectivity index (χ4n) is 5.69. The van der Waals surface area contributed by atoms with Gasteiger partial charge in [0.05, 0.1) is 29.9 Å². The van der Waals surface area contributed by atoms with Crippen molar-refractivity contribution in [2.75, 3.05) is 44.6 Å². The lowest BCUT2D eigenvalue weighted by Crippen LogP contribution is -2.45. The van der Waals surface area contributed by atoms with Gasteiger partial charge in [-0.15, -0.1) is 0 Å². The predicted octanol–water partition coefficient (Wildman–Crippen LogP) is 4.38. The van der Waals surface area contributed by atoms with Crippen molar-refractivity contribution in [3.8, 4) is 0 Å². The fraction of sp³-hybridized carbons (Fsp3) is 0.400. The number of alkyl halides is 3. The molecule has 0 unspecified atom stereocenters. The van der Waals surface area contributed by atoms with Crippen molar-refractivity contribution in [3.05, 3.63) is 76.9 Å². The molecule has 1 aromatic carbocycles. The summed E-state index contributed by atoms with van der Waals surface area (Å²) in [5, 5.41) is 4.13. The number of hydrogen-bond acceptors (Lipinski definition) is 7. The number of aromatic amines is 1. The highest BCUT2D eigenvalue weighted by atomic mass is 19.4. The molecule has 0 atom stereocenters. The van der Waals surface area contributed by atoms with E-state index >= 15 is 0 Å². The average molecular weight is 579 g/mol. The lowest BCUT2D eigenvalue weighted by Gasteiger charge is -2.34. The summed E-state index contributed by atoms with van der Waals surface area (Å²) in [7, 11) is 0. The van der Waals surface area contributed by atoms with Crippen LogP contribution in [0.15, 0.2) is 48.9 Å². The van der Waals surface area contributed by atoms with Gasteiger partial charge in [-0.25, -0.2) is 15.0 Å². The lowest BCUT2D eigenvalue weighted by molar-refractivity contribution is -0.138. The normalized spacial score (nSPS) is 16.5. The monoisotopic (exact) mass is 578 g/mol. The molecule has 2 N–H and O–H groups in total. The molecule has 2 aliphatic heterocycles. The van der Waals surface area contributed by atoms with E-state index in [2.05, 4.69) is 42.0 Å². The highest BCUT2D eigenvalue weighted by molar-refractivity contribution is 5.90. The van der Waals surface area contributed by atoms with E-state index in [-0.39, 0.29) is 31.0 Å². The van der Waals surface area contributed by atoms with Crippen molar-refractivity contribution >= 4 is 28.6 Å². The number of benzene rings is 1. The smallest absolute Gasteiger partial charge is 0.346 e. The van der Waals surface area contributed by atoms with Gasteiger partial charge in [-0.3, -0.25) is 9.69 Å². The van der Waals surface area contributed by atoms with Crippen molar-refractivity contribution in [2.45, 2.75) is 39.0 Å². The number of fused-ring (bicyclic) bond motifs is 2. The zero-order valence-electron chi connectivity index (χ0n) is 23.4. The molecule has 1 amide bonds. The Morgan fingerprint density at radius 1 is 1.05 bits per heavy atom. The summed E-state index contributed by atoms with van der Waals surface area (Å²) in [5.41, 5.74) is 3.17. The number of H-pyrrole nitrogens is 1. The van der Waals surface area contributed by atoms with Crippen LogP contribution in [0.25, 0.3) is 11.0 Å². The van der Waals surface area contributed by atoms with Gasteiger partial charge in [0.1, 0.15) is 5.65 Å². The first-order valence-electron chi connectivity index (χ1n) is 14.2. The number of carbonyl (C=O) groups is 1. The molecule has 3 aromatic heterocycles. The van der Waals surface area contributed by atoms with Crippen LogP contribution in [0.3, 0.4) is 0 Å². The molecule has 2 aliphatic rings. The molecule has 12 heteroatoms. The van der Waals surface area contributed by atoms with Crippen molar-refractivity contribution in [1.82, 2.24) is 34.6 Å². The Morgan fingerprint density at radius 2 is 1.86 bits per heavy atom. The second kappa shape index (κ2) is 11.7. The number of halogens is 3. The van der Waals surface area contributed by atoms with E-state index in [0.29, 0.717) is 24.5 Å². The fourth-order valence-corrected chi connectivity index (χ4v) is 5.69. The number of amides is 1. The summed E-state index contributed by atoms with van der Waals surface area (Å²) >= 11 is 0. The highest BCUT2D eigenvalue weighted by Gasteiger charge is 2.34. The van der Waals surface area contributed by atoms with Crippen molar-refractivity contribution in [3.63, 3.8) is 0 Å². The molecular formula is C30H33F3N8O. The SMILES string of the molecule is CCN1CCN(Cc2ccc(CC(=O)N3CCc4cnc(Nc5ccnc6[nH]ccc56)nc4C3)cc2C(F)(F)F)CC1. The van der Waals surface area contributed by atoms with E-state index in [1.54, 1.807) is 29.6 Å². The Balaban J connectivity index is 1.13. The van der Waals surface area contributed by atoms with Gasteiger partial charge < -0.3 is 20.1 Å². The number of nitrogens with one attached hydrogen (secondary N) is 2. The van der Waals surface area contributed by atoms with E-state index in [4.69, 9.17) is 0 Å². The predicted molar refractivity (Wildman–Crippen MR) is 153 cm³/mol. The minimum Gasteiger partial charge on any atom is -0.346 e. The molecule has 0 spiro atoms. The summed E-state index contributed by atoms with van der Waals surface area (Å²) in [6.07, 6.45) is 1.23. The van der Waals surface area contributed by atoms with Crippen LogP contribution in [0.2, 0.25) is 0 Å². The number of rotatable bonds is 7. The third-order valence-corrected chi connectivity index (χ3v) is 8.15. The zero-order chi connectivity index (χ0) is 29.3. The third-order valence-electron chi connectivity index (χ3n) is 8.15. The van der Waals surface area contributed by atoms with Crippen LogP contribution in [-0.4, -0.2) is 79.8 Å². The molecule has 4 aromatic rings. The molecule has 5 heterocycles. The van der Waals surface area contributed by atoms with Crippen LogP contribution in [0, 0.1) is 0 Å². The Hall–Kier alpha value is -4.03. The standard InChI is InChI=1S/C30H33F3N8O/c1-2-39-11-13-40(14-12-39)18-22-4-3-20(15-24(22)30(31,32)33)16-27(42)41-10-7-21-17-36-29(38-26(21)19-41)37-25-6-9-35-28-23(25)5-8-34-28/h3-6,8-9,15,17H,2,7,10-14,16,18-19H2,1H3,(H2,34,35,36,37,38). The van der Waals surface area contributed by atoms with Crippen LogP contribution in [-0.2, 0) is 36.9 Å². The maximum Gasteiger partial charge on any atom is 0.416 e. The zero-order valence-corrected chi connectivity index (χ0v) is 23.4. The lowest BCUT2D eigenvalue weighted by atomic mass is 10.00. The highest BCUT2D eigenvalue weighted by Crippen LogP contribution is 2.34. The van der Waals surface area contributed by atoms with Crippen molar-refractivity contribution < 1.29 is 18.0 Å². The van der Waals surface area contributed by atoms with Gasteiger partial charge in [0.15, 0.2) is 0 Å². The molecule has 6 rings (SSSR count). The van der Waals surface area contributed by atoms with Gasteiger partial charge in [0, 0.05) is 63.2 Å². The van der Waals surface area contributed by atoms with Gasteiger partial charge in [-0.2, -0.15) is 13.2 Å². The Kier molecular flexibility index (Phi) is 7.82. The molecule has 0 bridgehead atoms. The van der Waals surface area contributed by atoms with E-state index < -0.39 is 11.7 Å².